The first kappa shape index (κ1) is 19.6. The van der Waals surface area contributed by atoms with Gasteiger partial charge in [0.05, 0.1) is 13.2 Å². The Morgan fingerprint density at radius 1 is 1.07 bits per heavy atom. The molecule has 0 saturated heterocycles. The maximum absolute atomic E-state index is 12.2. The second-order valence-corrected chi connectivity index (χ2v) is 6.06. The first-order valence-corrected chi connectivity index (χ1v) is 9.44. The molecule has 0 aliphatic carbocycles. The molecule has 28 heavy (non-hydrogen) atoms. The van der Waals surface area contributed by atoms with Crippen molar-refractivity contribution < 1.29 is 23.7 Å². The van der Waals surface area contributed by atoms with Crippen LogP contribution in [0.2, 0.25) is 0 Å². The van der Waals surface area contributed by atoms with Gasteiger partial charge in [-0.15, -0.1) is 0 Å². The maximum Gasteiger partial charge on any atom is 0.244 e. The molecule has 1 heterocycles. The summed E-state index contributed by atoms with van der Waals surface area (Å²) < 4.78 is 22.4. The molecule has 6 nitrogen and oxygen atoms in total. The van der Waals surface area contributed by atoms with Crippen molar-refractivity contribution in [3.63, 3.8) is 0 Å². The molecule has 0 aromatic heterocycles. The van der Waals surface area contributed by atoms with Gasteiger partial charge >= 0.3 is 0 Å². The van der Waals surface area contributed by atoms with E-state index >= 15 is 0 Å². The van der Waals surface area contributed by atoms with Gasteiger partial charge in [0, 0.05) is 18.2 Å². The number of para-hydroxylation sites is 1. The summed E-state index contributed by atoms with van der Waals surface area (Å²) in [5.74, 6) is 2.58. The van der Waals surface area contributed by atoms with Crippen LogP contribution in [0.25, 0.3) is 6.08 Å². The molecule has 0 saturated carbocycles. The number of rotatable bonds is 8. The van der Waals surface area contributed by atoms with E-state index in [2.05, 4.69) is 5.32 Å². The van der Waals surface area contributed by atoms with Crippen LogP contribution in [0.3, 0.4) is 0 Å². The Bertz CT molecular complexity index is 847. The fourth-order valence-corrected chi connectivity index (χ4v) is 2.86. The van der Waals surface area contributed by atoms with E-state index in [1.54, 1.807) is 6.08 Å². The summed E-state index contributed by atoms with van der Waals surface area (Å²) in [5.41, 5.74) is 1.74. The fraction of sp³-hybridized carbons (Fsp3) is 0.318. The molecule has 148 valence electrons. The number of benzene rings is 2. The number of hydrogen-bond acceptors (Lipinski definition) is 5. The van der Waals surface area contributed by atoms with Crippen LogP contribution in [-0.2, 0) is 11.3 Å². The van der Waals surface area contributed by atoms with Crippen LogP contribution < -0.4 is 24.3 Å². The molecule has 0 radical (unpaired) electrons. The average molecular weight is 383 g/mol. The van der Waals surface area contributed by atoms with Crippen molar-refractivity contribution in [1.29, 1.82) is 0 Å². The van der Waals surface area contributed by atoms with Crippen LogP contribution in [0.5, 0.6) is 23.0 Å². The predicted molar refractivity (Wildman–Crippen MR) is 107 cm³/mol. The number of carbonyl (C=O) groups excluding carboxylic acids is 1. The number of hydrogen-bond donors (Lipinski definition) is 1. The van der Waals surface area contributed by atoms with E-state index in [0.29, 0.717) is 56.0 Å². The molecule has 6 heteroatoms. The third-order valence-electron chi connectivity index (χ3n) is 4.10. The minimum atomic E-state index is -0.193. The molecule has 0 spiro atoms. The van der Waals surface area contributed by atoms with Crippen molar-refractivity contribution in [2.24, 2.45) is 0 Å². The van der Waals surface area contributed by atoms with Gasteiger partial charge in [0.2, 0.25) is 5.91 Å². The van der Waals surface area contributed by atoms with Crippen LogP contribution in [0.4, 0.5) is 0 Å². The van der Waals surface area contributed by atoms with E-state index in [4.69, 9.17) is 18.9 Å². The molecule has 0 atom stereocenters. The molecular weight excluding hydrogens is 358 g/mol. The van der Waals surface area contributed by atoms with Gasteiger partial charge in [-0.25, -0.2) is 0 Å². The van der Waals surface area contributed by atoms with Crippen molar-refractivity contribution in [2.45, 2.75) is 20.4 Å². The van der Waals surface area contributed by atoms with Crippen molar-refractivity contribution in [1.82, 2.24) is 5.32 Å². The van der Waals surface area contributed by atoms with Crippen molar-refractivity contribution >= 4 is 12.0 Å². The highest BCUT2D eigenvalue weighted by atomic mass is 16.6. The predicted octanol–water partition coefficient (Wildman–Crippen LogP) is 3.58. The number of nitrogens with one attached hydrogen (secondary N) is 1. The quantitative estimate of drug-likeness (QED) is 0.706. The lowest BCUT2D eigenvalue weighted by Crippen LogP contribution is -2.22. The fourth-order valence-electron chi connectivity index (χ4n) is 2.86. The van der Waals surface area contributed by atoms with Crippen LogP contribution in [0.15, 0.2) is 42.5 Å². The summed E-state index contributed by atoms with van der Waals surface area (Å²) in [6.07, 6.45) is 3.24. The summed E-state index contributed by atoms with van der Waals surface area (Å²) in [6, 6.07) is 11.3. The topological polar surface area (TPSA) is 66.0 Å². The van der Waals surface area contributed by atoms with E-state index in [9.17, 15) is 4.79 Å². The highest BCUT2D eigenvalue weighted by molar-refractivity contribution is 5.91. The summed E-state index contributed by atoms with van der Waals surface area (Å²) in [4.78, 5) is 12.2. The summed E-state index contributed by atoms with van der Waals surface area (Å²) in [6.45, 7) is 6.37. The van der Waals surface area contributed by atoms with Gasteiger partial charge in [0.1, 0.15) is 13.2 Å². The lowest BCUT2D eigenvalue weighted by atomic mass is 10.1. The standard InChI is InChI=1S/C22H25NO5/c1-3-25-18-10-8-16(14-20(18)26-4-2)9-11-21(24)23-15-17-6-5-7-19-22(17)28-13-12-27-19/h5-11,14H,3-4,12-13,15H2,1-2H3,(H,23,24)/b11-9+. The Morgan fingerprint density at radius 2 is 1.86 bits per heavy atom. The van der Waals surface area contributed by atoms with Gasteiger partial charge in [-0.3, -0.25) is 4.79 Å². The SMILES string of the molecule is CCOc1ccc(/C=C/C(=O)NCc2cccc3c2OCCO3)cc1OCC. The van der Waals surface area contributed by atoms with Gasteiger partial charge in [-0.2, -0.15) is 0 Å². The minimum absolute atomic E-state index is 0.193. The first-order valence-electron chi connectivity index (χ1n) is 9.44. The van der Waals surface area contributed by atoms with E-state index in [0.717, 1.165) is 11.1 Å². The molecule has 1 amide bonds. The third-order valence-corrected chi connectivity index (χ3v) is 4.10. The monoisotopic (exact) mass is 383 g/mol. The van der Waals surface area contributed by atoms with Crippen molar-refractivity contribution in [3.8, 4) is 23.0 Å². The molecule has 0 unspecified atom stereocenters. The zero-order chi connectivity index (χ0) is 19.8. The molecular formula is C22H25NO5. The van der Waals surface area contributed by atoms with Gasteiger partial charge in [0.15, 0.2) is 23.0 Å². The molecule has 3 rings (SSSR count). The van der Waals surface area contributed by atoms with Gasteiger partial charge in [0.25, 0.3) is 0 Å². The van der Waals surface area contributed by atoms with E-state index in [-0.39, 0.29) is 5.91 Å². The molecule has 1 N–H and O–H groups in total. The zero-order valence-corrected chi connectivity index (χ0v) is 16.2. The Kier molecular flexibility index (Phi) is 6.78. The summed E-state index contributed by atoms with van der Waals surface area (Å²) in [5, 5.41) is 2.87. The summed E-state index contributed by atoms with van der Waals surface area (Å²) in [7, 11) is 0. The number of fused-ring (bicyclic) bond motifs is 1. The van der Waals surface area contributed by atoms with Gasteiger partial charge in [-0.05, 0) is 43.7 Å². The Labute approximate surface area is 165 Å². The molecule has 1 aliphatic heterocycles. The minimum Gasteiger partial charge on any atom is -0.490 e. The molecule has 0 fully saturated rings. The Morgan fingerprint density at radius 3 is 2.68 bits per heavy atom. The Hall–Kier alpha value is -3.15. The highest BCUT2D eigenvalue weighted by Crippen LogP contribution is 2.33. The smallest absolute Gasteiger partial charge is 0.244 e. The normalized spacial score (nSPS) is 12.6. The van der Waals surface area contributed by atoms with Gasteiger partial charge in [-0.1, -0.05) is 18.2 Å². The van der Waals surface area contributed by atoms with E-state index in [1.165, 1.54) is 6.08 Å². The highest BCUT2D eigenvalue weighted by Gasteiger charge is 2.15. The number of ether oxygens (including phenoxy) is 4. The van der Waals surface area contributed by atoms with E-state index < -0.39 is 0 Å². The van der Waals surface area contributed by atoms with Crippen molar-refractivity contribution in [3.05, 3.63) is 53.6 Å². The first-order chi connectivity index (χ1) is 13.7. The van der Waals surface area contributed by atoms with Gasteiger partial charge < -0.3 is 24.3 Å². The average Bonchev–Trinajstić information content (AvgIpc) is 2.72. The Balaban J connectivity index is 1.62. The maximum atomic E-state index is 12.2. The largest absolute Gasteiger partial charge is 0.490 e. The number of amides is 1. The second kappa shape index (κ2) is 9.69. The van der Waals surface area contributed by atoms with Crippen LogP contribution in [0, 0.1) is 0 Å². The molecule has 2 aromatic carbocycles. The molecule has 1 aliphatic rings. The van der Waals surface area contributed by atoms with Crippen LogP contribution >= 0.6 is 0 Å². The van der Waals surface area contributed by atoms with Crippen LogP contribution in [-0.4, -0.2) is 32.3 Å². The van der Waals surface area contributed by atoms with Crippen LogP contribution in [0.1, 0.15) is 25.0 Å². The lowest BCUT2D eigenvalue weighted by Gasteiger charge is -2.20. The number of carbonyl (C=O) groups is 1. The second-order valence-electron chi connectivity index (χ2n) is 6.06. The van der Waals surface area contributed by atoms with E-state index in [1.807, 2.05) is 50.2 Å². The molecule has 0 bridgehead atoms. The summed E-state index contributed by atoms with van der Waals surface area (Å²) >= 11 is 0. The van der Waals surface area contributed by atoms with Crippen molar-refractivity contribution in [2.75, 3.05) is 26.4 Å². The lowest BCUT2D eigenvalue weighted by molar-refractivity contribution is -0.116. The zero-order valence-electron chi connectivity index (χ0n) is 16.2. The third kappa shape index (κ3) is 4.97. The molecule has 2 aromatic rings.